The van der Waals surface area contributed by atoms with E-state index in [1.807, 2.05) is 22.8 Å². The third kappa shape index (κ3) is 2.37. The molecule has 2 N–H and O–H groups in total. The Kier molecular flexibility index (Phi) is 3.05. The van der Waals surface area contributed by atoms with Gasteiger partial charge in [-0.1, -0.05) is 17.7 Å². The number of nitrogens with two attached hydrogens (primary N) is 1. The number of nitrogens with zero attached hydrogens (tertiary/aromatic N) is 4. The molecular formula is C13H12ClN5. The third-order valence-electron chi connectivity index (χ3n) is 2.90. The van der Waals surface area contributed by atoms with E-state index in [0.717, 1.165) is 17.8 Å². The van der Waals surface area contributed by atoms with Crippen molar-refractivity contribution in [1.82, 2.24) is 19.5 Å². The zero-order chi connectivity index (χ0) is 13.2. The molecule has 3 heterocycles. The predicted octanol–water partition coefficient (Wildman–Crippen LogP) is 2.30. The lowest BCUT2D eigenvalue weighted by molar-refractivity contribution is 0.707. The minimum atomic E-state index is 0.445. The number of hydrogen-bond donors (Lipinski definition) is 1. The quantitative estimate of drug-likeness (QED) is 0.795. The van der Waals surface area contributed by atoms with Crippen LogP contribution in [0.1, 0.15) is 5.69 Å². The monoisotopic (exact) mass is 273 g/mol. The molecular weight excluding hydrogens is 262 g/mol. The molecule has 0 fully saturated rings. The average Bonchev–Trinajstić information content (AvgIpc) is 2.72. The third-order valence-corrected chi connectivity index (χ3v) is 3.11. The number of anilines is 1. The molecule has 0 bridgehead atoms. The zero-order valence-corrected chi connectivity index (χ0v) is 10.9. The molecule has 3 aromatic rings. The van der Waals surface area contributed by atoms with Gasteiger partial charge in [-0.25, -0.2) is 9.97 Å². The molecule has 19 heavy (non-hydrogen) atoms. The molecule has 0 unspecified atom stereocenters. The lowest BCUT2D eigenvalue weighted by atomic mass is 10.3. The van der Waals surface area contributed by atoms with Crippen molar-refractivity contribution in [2.75, 3.05) is 5.73 Å². The molecule has 0 saturated carbocycles. The molecule has 0 atom stereocenters. The molecule has 0 amide bonds. The van der Waals surface area contributed by atoms with E-state index in [-0.39, 0.29) is 0 Å². The number of rotatable bonds is 3. The molecule has 0 radical (unpaired) electrons. The summed E-state index contributed by atoms with van der Waals surface area (Å²) in [6.07, 6.45) is 4.16. The number of fused-ring (bicyclic) bond motifs is 1. The van der Waals surface area contributed by atoms with Crippen LogP contribution in [0.5, 0.6) is 0 Å². The van der Waals surface area contributed by atoms with Crippen LogP contribution >= 0.6 is 11.6 Å². The first-order chi connectivity index (χ1) is 9.24. The standard InChI is InChI=1S/C13H12ClN5/c14-9-7-11-12(17-8-9)19(13(15)18-11)6-4-10-3-1-2-5-16-10/h1-3,5,7-8H,4,6H2,(H2,15,18). The van der Waals surface area contributed by atoms with Gasteiger partial charge in [0.1, 0.15) is 5.52 Å². The first-order valence-corrected chi connectivity index (χ1v) is 6.29. The van der Waals surface area contributed by atoms with Gasteiger partial charge in [-0.15, -0.1) is 0 Å². The summed E-state index contributed by atoms with van der Waals surface area (Å²) >= 11 is 5.89. The van der Waals surface area contributed by atoms with E-state index in [1.54, 1.807) is 18.5 Å². The van der Waals surface area contributed by atoms with Crippen LogP contribution in [0.3, 0.4) is 0 Å². The van der Waals surface area contributed by atoms with E-state index in [2.05, 4.69) is 15.0 Å². The van der Waals surface area contributed by atoms with Gasteiger partial charge >= 0.3 is 0 Å². The predicted molar refractivity (Wildman–Crippen MR) is 74.9 cm³/mol. The average molecular weight is 274 g/mol. The fourth-order valence-electron chi connectivity index (χ4n) is 2.00. The highest BCUT2D eigenvalue weighted by atomic mass is 35.5. The molecule has 0 aromatic carbocycles. The molecule has 0 saturated heterocycles. The number of imidazole rings is 1. The minimum absolute atomic E-state index is 0.445. The van der Waals surface area contributed by atoms with Crippen LogP contribution in [0.2, 0.25) is 5.02 Å². The van der Waals surface area contributed by atoms with Gasteiger partial charge in [-0.05, 0) is 18.2 Å². The van der Waals surface area contributed by atoms with Crippen LogP contribution < -0.4 is 5.73 Å². The highest BCUT2D eigenvalue weighted by molar-refractivity contribution is 6.31. The Balaban J connectivity index is 1.90. The van der Waals surface area contributed by atoms with Crippen molar-refractivity contribution in [1.29, 1.82) is 0 Å². The van der Waals surface area contributed by atoms with Crippen LogP contribution in [-0.2, 0) is 13.0 Å². The van der Waals surface area contributed by atoms with E-state index in [4.69, 9.17) is 17.3 Å². The molecule has 6 heteroatoms. The highest BCUT2D eigenvalue weighted by Crippen LogP contribution is 2.19. The largest absolute Gasteiger partial charge is 0.369 e. The summed E-state index contributed by atoms with van der Waals surface area (Å²) in [4.78, 5) is 12.8. The van der Waals surface area contributed by atoms with Crippen LogP contribution in [0.15, 0.2) is 36.7 Å². The van der Waals surface area contributed by atoms with Gasteiger partial charge in [0.15, 0.2) is 5.65 Å². The number of hydrogen-bond acceptors (Lipinski definition) is 4. The van der Waals surface area contributed by atoms with E-state index < -0.39 is 0 Å². The molecule has 0 aliphatic rings. The first-order valence-electron chi connectivity index (χ1n) is 5.91. The lowest BCUT2D eigenvalue weighted by Gasteiger charge is -2.05. The molecule has 0 aliphatic carbocycles. The van der Waals surface area contributed by atoms with Gasteiger partial charge in [0.25, 0.3) is 0 Å². The SMILES string of the molecule is Nc1nc2cc(Cl)cnc2n1CCc1ccccn1. The van der Waals surface area contributed by atoms with E-state index in [0.29, 0.717) is 23.0 Å². The Morgan fingerprint density at radius 1 is 1.26 bits per heavy atom. The maximum absolute atomic E-state index is 5.92. The second-order valence-electron chi connectivity index (χ2n) is 4.19. The molecule has 3 rings (SSSR count). The summed E-state index contributed by atoms with van der Waals surface area (Å²) < 4.78 is 1.88. The van der Waals surface area contributed by atoms with Gasteiger partial charge in [0.05, 0.1) is 5.02 Å². The Morgan fingerprint density at radius 2 is 2.16 bits per heavy atom. The molecule has 0 aliphatic heterocycles. The summed E-state index contributed by atoms with van der Waals surface area (Å²) in [6.45, 7) is 0.688. The maximum Gasteiger partial charge on any atom is 0.202 e. The second kappa shape index (κ2) is 4.85. The first kappa shape index (κ1) is 11.9. The van der Waals surface area contributed by atoms with Gasteiger partial charge in [0, 0.05) is 31.1 Å². The number of aromatic nitrogens is 4. The van der Waals surface area contributed by atoms with Crippen molar-refractivity contribution in [2.24, 2.45) is 0 Å². The molecule has 96 valence electrons. The van der Waals surface area contributed by atoms with Crippen molar-refractivity contribution < 1.29 is 0 Å². The minimum Gasteiger partial charge on any atom is -0.369 e. The Labute approximate surface area is 115 Å². The summed E-state index contributed by atoms with van der Waals surface area (Å²) in [6, 6.07) is 7.61. The van der Waals surface area contributed by atoms with Gasteiger partial charge in [-0.3, -0.25) is 9.55 Å². The van der Waals surface area contributed by atoms with Crippen LogP contribution in [-0.4, -0.2) is 19.5 Å². The Morgan fingerprint density at radius 3 is 2.95 bits per heavy atom. The van der Waals surface area contributed by atoms with Gasteiger partial charge < -0.3 is 5.73 Å². The fourth-order valence-corrected chi connectivity index (χ4v) is 2.15. The lowest BCUT2D eigenvalue weighted by Crippen LogP contribution is -2.07. The molecule has 3 aromatic heterocycles. The Bertz CT molecular complexity index is 708. The molecule has 5 nitrogen and oxygen atoms in total. The summed E-state index contributed by atoms with van der Waals surface area (Å²) in [5.41, 5.74) is 8.39. The smallest absolute Gasteiger partial charge is 0.202 e. The normalized spacial score (nSPS) is 11.0. The fraction of sp³-hybridized carbons (Fsp3) is 0.154. The maximum atomic E-state index is 5.92. The number of nitrogen functional groups attached to an aromatic ring is 1. The summed E-state index contributed by atoms with van der Waals surface area (Å²) in [5.74, 6) is 0.445. The van der Waals surface area contributed by atoms with Crippen molar-refractivity contribution in [2.45, 2.75) is 13.0 Å². The van der Waals surface area contributed by atoms with E-state index >= 15 is 0 Å². The summed E-state index contributed by atoms with van der Waals surface area (Å²) in [5, 5.41) is 0.557. The second-order valence-corrected chi connectivity index (χ2v) is 4.63. The van der Waals surface area contributed by atoms with Gasteiger partial charge in [-0.2, -0.15) is 0 Å². The zero-order valence-electron chi connectivity index (χ0n) is 10.1. The van der Waals surface area contributed by atoms with E-state index in [9.17, 15) is 0 Å². The summed E-state index contributed by atoms with van der Waals surface area (Å²) in [7, 11) is 0. The van der Waals surface area contributed by atoms with Gasteiger partial charge in [0.2, 0.25) is 5.95 Å². The van der Waals surface area contributed by atoms with Crippen molar-refractivity contribution in [3.63, 3.8) is 0 Å². The van der Waals surface area contributed by atoms with E-state index in [1.165, 1.54) is 0 Å². The number of pyridine rings is 2. The molecule has 0 spiro atoms. The number of aryl methyl sites for hydroxylation is 2. The highest BCUT2D eigenvalue weighted by Gasteiger charge is 2.09. The van der Waals surface area contributed by atoms with Crippen LogP contribution in [0.25, 0.3) is 11.2 Å². The van der Waals surface area contributed by atoms with Crippen molar-refractivity contribution >= 4 is 28.7 Å². The number of halogens is 1. The van der Waals surface area contributed by atoms with Crippen LogP contribution in [0.4, 0.5) is 5.95 Å². The topological polar surface area (TPSA) is 69.6 Å². The van der Waals surface area contributed by atoms with Crippen LogP contribution in [0, 0.1) is 0 Å². The van der Waals surface area contributed by atoms with Crippen molar-refractivity contribution in [3.8, 4) is 0 Å². The van der Waals surface area contributed by atoms with Crippen molar-refractivity contribution in [3.05, 3.63) is 47.4 Å². The Hall–Kier alpha value is -2.14.